The molecule has 3 rings (SSSR count). The maximum absolute atomic E-state index is 11.2. The van der Waals surface area contributed by atoms with E-state index in [0.29, 0.717) is 42.5 Å². The maximum Gasteiger partial charge on any atom is 0.220 e. The fraction of sp³-hybridized carbons (Fsp3) is 0.211. The number of piperidine rings is 1. The van der Waals surface area contributed by atoms with E-state index >= 15 is 0 Å². The van der Waals surface area contributed by atoms with Crippen LogP contribution >= 0.6 is 0 Å². The lowest BCUT2D eigenvalue weighted by Gasteiger charge is -2.22. The number of nitrogens with two attached hydrogens (primary N) is 2. The summed E-state index contributed by atoms with van der Waals surface area (Å²) in [7, 11) is 0. The van der Waals surface area contributed by atoms with Crippen LogP contribution in [0.3, 0.4) is 0 Å². The molecule has 1 atom stereocenters. The molecule has 1 aromatic heterocycles. The van der Waals surface area contributed by atoms with Crippen LogP contribution in [0.2, 0.25) is 0 Å². The summed E-state index contributed by atoms with van der Waals surface area (Å²) in [5.74, 6) is 1.83. The molecule has 1 aliphatic rings. The third-order valence-corrected chi connectivity index (χ3v) is 3.92. The van der Waals surface area contributed by atoms with Crippen LogP contribution in [0.25, 0.3) is 0 Å². The van der Waals surface area contributed by atoms with E-state index in [0.717, 1.165) is 5.56 Å². The van der Waals surface area contributed by atoms with Crippen molar-refractivity contribution >= 4 is 11.6 Å². The van der Waals surface area contributed by atoms with Crippen molar-refractivity contribution in [1.82, 2.24) is 10.3 Å². The lowest BCUT2D eigenvalue weighted by Crippen LogP contribution is -2.40. The molecule has 0 bridgehead atoms. The predicted molar refractivity (Wildman–Crippen MR) is 96.8 cm³/mol. The first-order valence-corrected chi connectivity index (χ1v) is 8.32. The monoisotopic (exact) mass is 353 g/mol. The second-order valence-electron chi connectivity index (χ2n) is 5.86. The number of allylic oxidation sites excluding steroid dienone is 1. The molecule has 5 N–H and O–H groups in total. The highest BCUT2D eigenvalue weighted by Gasteiger charge is 2.19. The Morgan fingerprint density at radius 2 is 2.00 bits per heavy atom. The van der Waals surface area contributed by atoms with E-state index in [9.17, 15) is 4.79 Å². The van der Waals surface area contributed by atoms with Gasteiger partial charge in [0.1, 0.15) is 17.6 Å². The van der Waals surface area contributed by atoms with E-state index in [-0.39, 0.29) is 12.0 Å². The molecule has 2 aromatic rings. The van der Waals surface area contributed by atoms with E-state index in [4.69, 9.17) is 20.6 Å². The Morgan fingerprint density at radius 1 is 1.23 bits per heavy atom. The third kappa shape index (κ3) is 4.60. The fourth-order valence-electron chi connectivity index (χ4n) is 2.53. The summed E-state index contributed by atoms with van der Waals surface area (Å²) in [5, 5.41) is 8.65. The molecule has 0 radical (unpaired) electrons. The molecule has 134 valence electrons. The molecule has 26 heavy (non-hydrogen) atoms. The van der Waals surface area contributed by atoms with E-state index in [1.807, 2.05) is 24.3 Å². The third-order valence-electron chi connectivity index (χ3n) is 3.92. The summed E-state index contributed by atoms with van der Waals surface area (Å²) >= 11 is 0. The van der Waals surface area contributed by atoms with Gasteiger partial charge in [-0.2, -0.15) is 0 Å². The predicted octanol–water partition coefficient (Wildman–Crippen LogP) is 0.552. The molecular weight excluding hydrogens is 332 g/mol. The number of carbonyl (C=O) groups excluding carboxylic acids is 1. The minimum absolute atomic E-state index is 0.0520. The number of hydrogen-bond donors (Lipinski definition) is 3. The molecule has 0 aliphatic carbocycles. The zero-order chi connectivity index (χ0) is 18.4. The number of aromatic nitrogens is 1. The Morgan fingerprint density at radius 3 is 2.62 bits per heavy atom. The van der Waals surface area contributed by atoms with Crippen LogP contribution in [0, 0.1) is 0 Å². The van der Waals surface area contributed by atoms with Crippen LogP contribution < -0.4 is 25.9 Å². The van der Waals surface area contributed by atoms with Gasteiger partial charge in [0.25, 0.3) is 0 Å². The van der Waals surface area contributed by atoms with Gasteiger partial charge >= 0.3 is 0 Å². The number of nitrogens with one attached hydrogen (secondary N) is 1. The minimum Gasteiger partial charge on any atom is -0.472 e. The van der Waals surface area contributed by atoms with Gasteiger partial charge in [-0.05, 0) is 36.8 Å². The molecule has 1 amide bonds. The largest absolute Gasteiger partial charge is 0.472 e. The molecule has 0 spiro atoms. The quantitative estimate of drug-likeness (QED) is 0.657. The Hall–Kier alpha value is -3.35. The van der Waals surface area contributed by atoms with Crippen molar-refractivity contribution in [2.75, 3.05) is 6.54 Å². The van der Waals surface area contributed by atoms with Crippen LogP contribution in [-0.2, 0) is 4.79 Å². The van der Waals surface area contributed by atoms with Crippen LogP contribution in [0.5, 0.6) is 17.4 Å². The first-order chi connectivity index (χ1) is 12.6. The van der Waals surface area contributed by atoms with Crippen molar-refractivity contribution in [2.45, 2.75) is 18.9 Å². The number of pyridine rings is 1. The highest BCUT2D eigenvalue weighted by Crippen LogP contribution is 2.23. The van der Waals surface area contributed by atoms with Crippen LogP contribution in [0.1, 0.15) is 18.4 Å². The van der Waals surface area contributed by atoms with Gasteiger partial charge in [0, 0.05) is 30.3 Å². The summed E-state index contributed by atoms with van der Waals surface area (Å²) in [6.45, 7) is 0.505. The molecule has 1 aliphatic heterocycles. The van der Waals surface area contributed by atoms with Crippen LogP contribution in [0.4, 0.5) is 0 Å². The highest BCUT2D eigenvalue weighted by molar-refractivity contribution is 6.04. The van der Waals surface area contributed by atoms with Crippen molar-refractivity contribution in [3.63, 3.8) is 0 Å². The second kappa shape index (κ2) is 8.15. The summed E-state index contributed by atoms with van der Waals surface area (Å²) < 4.78 is 11.5. The number of hydrogen-bond acceptors (Lipinski definition) is 5. The lowest BCUT2D eigenvalue weighted by atomic mass is 10.1. The topological polar surface area (TPSA) is 112 Å². The van der Waals surface area contributed by atoms with Crippen molar-refractivity contribution in [1.29, 1.82) is 0 Å². The van der Waals surface area contributed by atoms with Crippen molar-refractivity contribution < 1.29 is 19.7 Å². The SMILES string of the molecule is NC=CC(=[NH2+])c1ccc(Oc2ccc(OC3CCC(=O)NC3)nc2)cc1. The molecule has 7 heteroatoms. The standard InChI is InChI=1S/C19H20N4O3/c20-10-9-17(21)13-1-3-14(4-2-13)25-15-6-8-19(23-12-15)26-16-5-7-18(24)22-11-16/h1-4,6,8-10,12,16,21H,5,7,11,20H2,(H,22,24)/p+1. The Kier molecular flexibility index (Phi) is 5.48. The van der Waals surface area contributed by atoms with Gasteiger partial charge in [-0.1, -0.05) is 0 Å². The normalized spacial score (nSPS) is 16.9. The number of carbonyl (C=O) groups is 1. The number of amides is 1. The van der Waals surface area contributed by atoms with Gasteiger partial charge in [-0.3, -0.25) is 10.2 Å². The van der Waals surface area contributed by atoms with Gasteiger partial charge in [-0.25, -0.2) is 4.98 Å². The molecular formula is C19H21N4O3+. The maximum atomic E-state index is 11.2. The number of nitrogens with zero attached hydrogens (tertiary/aromatic N) is 1. The Labute approximate surface area is 151 Å². The summed E-state index contributed by atoms with van der Waals surface area (Å²) in [6, 6.07) is 10.9. The van der Waals surface area contributed by atoms with Crippen molar-refractivity contribution in [2.24, 2.45) is 5.73 Å². The first-order valence-electron chi connectivity index (χ1n) is 8.32. The number of rotatable bonds is 6. The van der Waals surface area contributed by atoms with Crippen LogP contribution in [-0.4, -0.2) is 29.3 Å². The molecule has 1 aromatic carbocycles. The van der Waals surface area contributed by atoms with E-state index in [2.05, 4.69) is 10.3 Å². The summed E-state index contributed by atoms with van der Waals surface area (Å²) in [5.41, 5.74) is 6.78. The van der Waals surface area contributed by atoms with E-state index < -0.39 is 0 Å². The average Bonchev–Trinajstić information content (AvgIpc) is 2.66. The van der Waals surface area contributed by atoms with Crippen molar-refractivity contribution in [3.8, 4) is 17.4 Å². The zero-order valence-corrected chi connectivity index (χ0v) is 14.2. The smallest absolute Gasteiger partial charge is 0.220 e. The Balaban J connectivity index is 1.57. The van der Waals surface area contributed by atoms with Gasteiger partial charge < -0.3 is 20.5 Å². The number of ether oxygens (including phenoxy) is 2. The molecule has 1 fully saturated rings. The average molecular weight is 353 g/mol. The molecule has 1 saturated heterocycles. The first kappa shape index (κ1) is 17.5. The van der Waals surface area contributed by atoms with Gasteiger partial charge in [0.15, 0.2) is 0 Å². The van der Waals surface area contributed by atoms with E-state index in [1.165, 1.54) is 6.20 Å². The van der Waals surface area contributed by atoms with Gasteiger partial charge in [-0.15, -0.1) is 0 Å². The molecule has 2 heterocycles. The highest BCUT2D eigenvalue weighted by atomic mass is 16.5. The van der Waals surface area contributed by atoms with Crippen LogP contribution in [0.15, 0.2) is 54.9 Å². The summed E-state index contributed by atoms with van der Waals surface area (Å²) in [6.07, 6.45) is 5.75. The van der Waals surface area contributed by atoms with Gasteiger partial charge in [0.05, 0.1) is 12.7 Å². The lowest BCUT2D eigenvalue weighted by molar-refractivity contribution is -0.123. The minimum atomic E-state index is -0.0520. The second-order valence-corrected chi connectivity index (χ2v) is 5.86. The fourth-order valence-corrected chi connectivity index (χ4v) is 2.53. The zero-order valence-electron chi connectivity index (χ0n) is 14.2. The molecule has 1 unspecified atom stereocenters. The molecule has 0 saturated carbocycles. The molecule has 7 nitrogen and oxygen atoms in total. The Bertz CT molecular complexity index is 791. The van der Waals surface area contributed by atoms with Gasteiger partial charge in [0.2, 0.25) is 17.5 Å². The van der Waals surface area contributed by atoms with Crippen molar-refractivity contribution in [3.05, 3.63) is 60.4 Å². The van der Waals surface area contributed by atoms with E-state index in [1.54, 1.807) is 24.4 Å². The summed E-state index contributed by atoms with van der Waals surface area (Å²) in [4.78, 5) is 15.4. The number of benzene rings is 1.